The Hall–Kier alpha value is -3.06. The third kappa shape index (κ3) is 4.51. The fourth-order valence-electron chi connectivity index (χ4n) is 3.57. The molecule has 2 N–H and O–H groups in total. The number of hydrogen-bond acceptors (Lipinski definition) is 7. The number of hydrogen-bond donors (Lipinski definition) is 1. The lowest BCUT2D eigenvalue weighted by molar-refractivity contribution is 0.309. The van der Waals surface area contributed by atoms with Crippen LogP contribution < -0.4 is 11.4 Å². The molecule has 7 nitrogen and oxygen atoms in total. The molecule has 7 heteroatoms. The number of nitrogens with two attached hydrogens (primary N) is 1. The molecule has 0 aliphatic carbocycles. The summed E-state index contributed by atoms with van der Waals surface area (Å²) in [5.41, 5.74) is 7.07. The second-order valence-electron chi connectivity index (χ2n) is 6.90. The summed E-state index contributed by atoms with van der Waals surface area (Å²) >= 11 is 0. The summed E-state index contributed by atoms with van der Waals surface area (Å²) in [7, 11) is 0. The van der Waals surface area contributed by atoms with Gasteiger partial charge in [-0.25, -0.2) is 0 Å². The van der Waals surface area contributed by atoms with Crippen molar-refractivity contribution in [1.82, 2.24) is 15.1 Å². The van der Waals surface area contributed by atoms with Crippen molar-refractivity contribution in [3.05, 3.63) is 58.6 Å². The minimum Gasteiger partial charge on any atom is -0.445 e. The van der Waals surface area contributed by atoms with Crippen molar-refractivity contribution in [3.8, 4) is 11.3 Å². The lowest BCUT2D eigenvalue weighted by atomic mass is 10.0. The topological polar surface area (TPSA) is 92.9 Å². The van der Waals surface area contributed by atoms with Gasteiger partial charge < -0.3 is 15.2 Å². The van der Waals surface area contributed by atoms with Crippen LogP contribution in [-0.2, 0) is 0 Å². The fraction of sp³-hybridized carbons (Fsp3) is 0.364. The Bertz CT molecular complexity index is 1010. The SMILES string of the molecule is CCN(CC)CCC1=C(C)C(=Cc2ccoc(=NN)c2-c2cccnn2)N=C1C. The molecule has 0 radical (unpaired) electrons. The quantitative estimate of drug-likeness (QED) is 0.576. The van der Waals surface area contributed by atoms with Crippen LogP contribution >= 0.6 is 0 Å². The Morgan fingerprint density at radius 3 is 2.66 bits per heavy atom. The highest BCUT2D eigenvalue weighted by Crippen LogP contribution is 2.30. The molecule has 3 heterocycles. The third-order valence-electron chi connectivity index (χ3n) is 5.30. The standard InChI is InChI=1S/C22H28N6O/c1-5-28(6-2)12-9-18-15(3)20(25-16(18)4)14-17-10-13-29-22(26-23)21(17)19-8-7-11-24-27-19/h7-8,10-11,13-14H,5-6,9,12,23H2,1-4H3. The number of rotatable bonds is 7. The molecular weight excluding hydrogens is 364 g/mol. The first-order valence-electron chi connectivity index (χ1n) is 9.92. The van der Waals surface area contributed by atoms with E-state index >= 15 is 0 Å². The van der Waals surface area contributed by atoms with Gasteiger partial charge in [-0.15, -0.1) is 5.10 Å². The molecule has 1 aliphatic rings. The Kier molecular flexibility index (Phi) is 6.72. The zero-order chi connectivity index (χ0) is 20.8. The minimum absolute atomic E-state index is 0.307. The van der Waals surface area contributed by atoms with E-state index in [1.54, 1.807) is 12.5 Å². The summed E-state index contributed by atoms with van der Waals surface area (Å²) < 4.78 is 5.48. The van der Waals surface area contributed by atoms with Crippen molar-refractivity contribution >= 4 is 11.8 Å². The second kappa shape index (κ2) is 9.43. The van der Waals surface area contributed by atoms with E-state index in [9.17, 15) is 0 Å². The van der Waals surface area contributed by atoms with Crippen molar-refractivity contribution in [2.75, 3.05) is 19.6 Å². The van der Waals surface area contributed by atoms with Crippen molar-refractivity contribution < 1.29 is 4.42 Å². The maximum atomic E-state index is 5.55. The molecule has 0 atom stereocenters. The monoisotopic (exact) mass is 392 g/mol. The van der Waals surface area contributed by atoms with E-state index in [-0.39, 0.29) is 0 Å². The van der Waals surface area contributed by atoms with Gasteiger partial charge in [0.05, 0.1) is 23.2 Å². The van der Waals surface area contributed by atoms with Crippen LogP contribution in [0.15, 0.2) is 62.0 Å². The Morgan fingerprint density at radius 1 is 1.21 bits per heavy atom. The van der Waals surface area contributed by atoms with Crippen LogP contribution in [0.1, 0.15) is 39.7 Å². The highest BCUT2D eigenvalue weighted by atomic mass is 16.3. The maximum Gasteiger partial charge on any atom is 0.245 e. The molecule has 0 bridgehead atoms. The van der Waals surface area contributed by atoms with Crippen molar-refractivity contribution in [2.45, 2.75) is 34.1 Å². The zero-order valence-electron chi connectivity index (χ0n) is 17.5. The fourth-order valence-corrected chi connectivity index (χ4v) is 3.57. The molecule has 2 aromatic heterocycles. The molecule has 0 fully saturated rings. The first-order chi connectivity index (χ1) is 14.1. The van der Waals surface area contributed by atoms with Gasteiger partial charge >= 0.3 is 0 Å². The van der Waals surface area contributed by atoms with Gasteiger partial charge in [0, 0.05) is 18.5 Å². The largest absolute Gasteiger partial charge is 0.445 e. The van der Waals surface area contributed by atoms with E-state index in [1.165, 1.54) is 11.1 Å². The van der Waals surface area contributed by atoms with E-state index in [4.69, 9.17) is 15.3 Å². The summed E-state index contributed by atoms with van der Waals surface area (Å²) in [6.07, 6.45) is 6.23. The predicted octanol–water partition coefficient (Wildman–Crippen LogP) is 3.37. The van der Waals surface area contributed by atoms with Crippen LogP contribution in [0.4, 0.5) is 0 Å². The van der Waals surface area contributed by atoms with Gasteiger partial charge in [-0.05, 0) is 74.3 Å². The molecule has 0 spiro atoms. The normalized spacial score (nSPS) is 16.2. The van der Waals surface area contributed by atoms with E-state index in [0.717, 1.165) is 43.0 Å². The molecule has 29 heavy (non-hydrogen) atoms. The molecule has 0 saturated heterocycles. The molecule has 0 unspecified atom stereocenters. The smallest absolute Gasteiger partial charge is 0.245 e. The Labute approximate surface area is 171 Å². The summed E-state index contributed by atoms with van der Waals surface area (Å²) in [5, 5.41) is 12.0. The number of aliphatic imine (C=N–C) groups is 1. The van der Waals surface area contributed by atoms with Crippen LogP contribution in [0.25, 0.3) is 17.3 Å². The van der Waals surface area contributed by atoms with Gasteiger partial charge in [0.2, 0.25) is 5.55 Å². The van der Waals surface area contributed by atoms with E-state index in [1.807, 2.05) is 24.3 Å². The van der Waals surface area contributed by atoms with Gasteiger partial charge in [-0.1, -0.05) is 13.8 Å². The van der Waals surface area contributed by atoms with Gasteiger partial charge in [-0.3, -0.25) is 4.99 Å². The van der Waals surface area contributed by atoms with Crippen LogP contribution in [0.2, 0.25) is 0 Å². The zero-order valence-corrected chi connectivity index (χ0v) is 17.5. The molecule has 0 saturated carbocycles. The van der Waals surface area contributed by atoms with Gasteiger partial charge in [0.25, 0.3) is 0 Å². The molecule has 0 amide bonds. The average Bonchev–Trinajstić information content (AvgIpc) is 3.02. The van der Waals surface area contributed by atoms with Crippen LogP contribution in [0.3, 0.4) is 0 Å². The van der Waals surface area contributed by atoms with E-state index in [0.29, 0.717) is 16.8 Å². The lowest BCUT2D eigenvalue weighted by Gasteiger charge is -2.18. The van der Waals surface area contributed by atoms with Crippen LogP contribution in [-0.4, -0.2) is 40.4 Å². The van der Waals surface area contributed by atoms with Crippen molar-refractivity contribution in [3.63, 3.8) is 0 Å². The number of allylic oxidation sites excluding steroid dienone is 1. The van der Waals surface area contributed by atoms with Gasteiger partial charge in [0.1, 0.15) is 0 Å². The molecule has 152 valence electrons. The van der Waals surface area contributed by atoms with Gasteiger partial charge in [0.15, 0.2) is 0 Å². The summed E-state index contributed by atoms with van der Waals surface area (Å²) in [4.78, 5) is 7.25. The average molecular weight is 393 g/mol. The molecule has 0 aromatic carbocycles. The minimum atomic E-state index is 0.307. The lowest BCUT2D eigenvalue weighted by Crippen LogP contribution is -2.24. The summed E-state index contributed by atoms with van der Waals surface area (Å²) in [5.74, 6) is 5.55. The van der Waals surface area contributed by atoms with Gasteiger partial charge in [-0.2, -0.15) is 10.2 Å². The number of aromatic nitrogens is 2. The molecule has 1 aliphatic heterocycles. The third-order valence-corrected chi connectivity index (χ3v) is 5.30. The molecule has 2 aromatic rings. The van der Waals surface area contributed by atoms with Crippen LogP contribution in [0.5, 0.6) is 0 Å². The highest BCUT2D eigenvalue weighted by molar-refractivity contribution is 6.04. The van der Waals surface area contributed by atoms with Crippen LogP contribution in [0, 0.1) is 0 Å². The Balaban J connectivity index is 2.01. The Morgan fingerprint density at radius 2 is 2.00 bits per heavy atom. The first-order valence-corrected chi connectivity index (χ1v) is 9.92. The predicted molar refractivity (Wildman–Crippen MR) is 116 cm³/mol. The van der Waals surface area contributed by atoms with Crippen molar-refractivity contribution in [1.29, 1.82) is 0 Å². The summed E-state index contributed by atoms with van der Waals surface area (Å²) in [6, 6.07) is 5.55. The first kappa shape index (κ1) is 20.7. The van der Waals surface area contributed by atoms with E-state index in [2.05, 4.69) is 47.9 Å². The second-order valence-corrected chi connectivity index (χ2v) is 6.90. The summed E-state index contributed by atoms with van der Waals surface area (Å²) in [6.45, 7) is 11.7. The van der Waals surface area contributed by atoms with E-state index < -0.39 is 0 Å². The molecule has 3 rings (SSSR count). The van der Waals surface area contributed by atoms with Crippen molar-refractivity contribution in [2.24, 2.45) is 15.9 Å². The highest BCUT2D eigenvalue weighted by Gasteiger charge is 2.19. The number of nitrogens with zero attached hydrogens (tertiary/aromatic N) is 5. The molecular formula is C22H28N6O. The maximum absolute atomic E-state index is 5.55.